The number of fused-ring (bicyclic) bond motifs is 1. The third-order valence-corrected chi connectivity index (χ3v) is 5.57. The lowest BCUT2D eigenvalue weighted by Crippen LogP contribution is -2.37. The molecule has 0 radical (unpaired) electrons. The summed E-state index contributed by atoms with van der Waals surface area (Å²) in [4.78, 5) is 2.52. The molecule has 2 aromatic heterocycles. The van der Waals surface area contributed by atoms with Crippen LogP contribution in [0.5, 0.6) is 0 Å². The van der Waals surface area contributed by atoms with Gasteiger partial charge in [-0.05, 0) is 37.3 Å². The molecule has 1 saturated heterocycles. The maximum Gasteiger partial charge on any atom is 0.0534 e. The molecule has 0 bridgehead atoms. The van der Waals surface area contributed by atoms with E-state index in [9.17, 15) is 0 Å². The van der Waals surface area contributed by atoms with Gasteiger partial charge >= 0.3 is 0 Å². The molecule has 0 aliphatic carbocycles. The summed E-state index contributed by atoms with van der Waals surface area (Å²) in [6, 6.07) is 4.89. The molecule has 2 aliphatic rings. The largest absolute Gasteiger partial charge is 0.381 e. The van der Waals surface area contributed by atoms with Crippen LogP contribution in [0, 0.1) is 5.92 Å². The Morgan fingerprint density at radius 3 is 3.00 bits per heavy atom. The Labute approximate surface area is 155 Å². The Kier molecular flexibility index (Phi) is 5.72. The summed E-state index contributed by atoms with van der Waals surface area (Å²) in [5.74, 6) is 0.680. The highest BCUT2D eigenvalue weighted by molar-refractivity contribution is 5.12. The highest BCUT2D eigenvalue weighted by Gasteiger charge is 2.24. The van der Waals surface area contributed by atoms with Gasteiger partial charge in [0.25, 0.3) is 0 Å². The van der Waals surface area contributed by atoms with E-state index in [-0.39, 0.29) is 0 Å². The third-order valence-electron chi connectivity index (χ3n) is 5.57. The zero-order chi connectivity index (χ0) is 17.8. The maximum absolute atomic E-state index is 6.02. The van der Waals surface area contributed by atoms with Crippen LogP contribution in [0.1, 0.15) is 36.6 Å². The zero-order valence-corrected chi connectivity index (χ0v) is 15.7. The molecule has 0 unspecified atom stereocenters. The number of ether oxygens (including phenoxy) is 2. The van der Waals surface area contributed by atoms with Gasteiger partial charge in [-0.3, -0.25) is 9.58 Å². The molecule has 0 aromatic carbocycles. The fourth-order valence-corrected chi connectivity index (χ4v) is 4.14. The van der Waals surface area contributed by atoms with Crippen molar-refractivity contribution in [3.63, 3.8) is 0 Å². The Morgan fingerprint density at radius 2 is 2.19 bits per heavy atom. The molecule has 4 rings (SSSR count). The van der Waals surface area contributed by atoms with Crippen LogP contribution in [0.2, 0.25) is 0 Å². The highest BCUT2D eigenvalue weighted by Crippen LogP contribution is 2.26. The molecular weight excluding hydrogens is 328 g/mol. The number of nitrogens with zero attached hydrogens (tertiary/aromatic N) is 4. The number of rotatable bonds is 7. The van der Waals surface area contributed by atoms with Gasteiger partial charge in [0.15, 0.2) is 0 Å². The molecule has 0 saturated carbocycles. The molecule has 2 aromatic rings. The van der Waals surface area contributed by atoms with E-state index >= 15 is 0 Å². The quantitative estimate of drug-likeness (QED) is 0.714. The van der Waals surface area contributed by atoms with Crippen molar-refractivity contribution in [1.29, 1.82) is 0 Å². The Morgan fingerprint density at radius 1 is 1.31 bits per heavy atom. The fraction of sp³-hybridized carbons (Fsp3) is 0.650. The Bertz CT molecular complexity index is 690. The van der Waals surface area contributed by atoms with Gasteiger partial charge in [-0.15, -0.1) is 0 Å². The maximum atomic E-state index is 6.02. The zero-order valence-electron chi connectivity index (χ0n) is 15.7. The van der Waals surface area contributed by atoms with Crippen LogP contribution >= 0.6 is 0 Å². The summed E-state index contributed by atoms with van der Waals surface area (Å²) < 4.78 is 15.8. The van der Waals surface area contributed by atoms with E-state index in [2.05, 4.69) is 39.1 Å². The summed E-state index contributed by atoms with van der Waals surface area (Å²) in [7, 11) is 1.98. The summed E-state index contributed by atoms with van der Waals surface area (Å²) in [5, 5.41) is 4.30. The average molecular weight is 358 g/mol. The lowest BCUT2D eigenvalue weighted by atomic mass is 10.0. The van der Waals surface area contributed by atoms with Gasteiger partial charge < -0.3 is 14.0 Å². The topological polar surface area (TPSA) is 44.5 Å². The van der Waals surface area contributed by atoms with E-state index in [0.717, 1.165) is 65.3 Å². The molecule has 4 heterocycles. The van der Waals surface area contributed by atoms with Gasteiger partial charge in [-0.1, -0.05) is 0 Å². The monoisotopic (exact) mass is 358 g/mol. The predicted octanol–water partition coefficient (Wildman–Crippen LogP) is 2.61. The minimum atomic E-state index is 0.486. The van der Waals surface area contributed by atoms with Crippen LogP contribution in [0.3, 0.4) is 0 Å². The first-order valence-corrected chi connectivity index (χ1v) is 9.79. The number of hydrogen-bond donors (Lipinski definition) is 0. The van der Waals surface area contributed by atoms with Crippen molar-refractivity contribution in [3.05, 3.63) is 42.0 Å². The molecular formula is C20H30N4O2. The van der Waals surface area contributed by atoms with Gasteiger partial charge in [-0.2, -0.15) is 5.10 Å². The van der Waals surface area contributed by atoms with Crippen molar-refractivity contribution < 1.29 is 9.47 Å². The first kappa shape index (κ1) is 17.8. The minimum Gasteiger partial charge on any atom is -0.381 e. The van der Waals surface area contributed by atoms with E-state index < -0.39 is 0 Å². The van der Waals surface area contributed by atoms with E-state index in [1.54, 1.807) is 0 Å². The molecule has 1 fully saturated rings. The van der Waals surface area contributed by atoms with Crippen LogP contribution in [-0.2, 0) is 29.6 Å². The lowest BCUT2D eigenvalue weighted by molar-refractivity contribution is 0.0160. The van der Waals surface area contributed by atoms with E-state index in [1.165, 1.54) is 11.3 Å². The van der Waals surface area contributed by atoms with E-state index in [1.807, 2.05) is 17.9 Å². The fourth-order valence-electron chi connectivity index (χ4n) is 4.14. The predicted molar refractivity (Wildman–Crippen MR) is 99.8 cm³/mol. The van der Waals surface area contributed by atoms with Crippen molar-refractivity contribution in [2.24, 2.45) is 13.0 Å². The molecule has 26 heavy (non-hydrogen) atoms. The number of aromatic nitrogens is 3. The van der Waals surface area contributed by atoms with Crippen molar-refractivity contribution in [2.45, 2.75) is 38.4 Å². The summed E-state index contributed by atoms with van der Waals surface area (Å²) in [5.41, 5.74) is 2.68. The van der Waals surface area contributed by atoms with Gasteiger partial charge in [0.2, 0.25) is 0 Å². The SMILES string of the molecule is Cn1cc(CN2Cc3cccn3[C@H](CCOCC3CCOCC3)C2)cn1. The molecule has 0 amide bonds. The molecule has 2 aliphatic heterocycles. The van der Waals surface area contributed by atoms with Crippen LogP contribution < -0.4 is 0 Å². The average Bonchev–Trinajstić information content (AvgIpc) is 3.28. The van der Waals surface area contributed by atoms with Gasteiger partial charge in [0, 0.05) is 82.8 Å². The number of hydrogen-bond acceptors (Lipinski definition) is 4. The summed E-state index contributed by atoms with van der Waals surface area (Å²) in [6.45, 7) is 6.53. The second kappa shape index (κ2) is 8.37. The second-order valence-electron chi connectivity index (χ2n) is 7.67. The molecule has 6 heteroatoms. The molecule has 0 spiro atoms. The molecule has 1 atom stereocenters. The van der Waals surface area contributed by atoms with Crippen LogP contribution in [0.15, 0.2) is 30.7 Å². The summed E-state index contributed by atoms with van der Waals surface area (Å²) in [6.07, 6.45) is 9.65. The molecule has 6 nitrogen and oxygen atoms in total. The van der Waals surface area contributed by atoms with Crippen LogP contribution in [0.25, 0.3) is 0 Å². The van der Waals surface area contributed by atoms with E-state index in [0.29, 0.717) is 12.0 Å². The smallest absolute Gasteiger partial charge is 0.0534 e. The van der Waals surface area contributed by atoms with Crippen molar-refractivity contribution >= 4 is 0 Å². The summed E-state index contributed by atoms with van der Waals surface area (Å²) >= 11 is 0. The van der Waals surface area contributed by atoms with Crippen molar-refractivity contribution in [2.75, 3.05) is 33.0 Å². The Hall–Kier alpha value is -1.63. The lowest BCUT2D eigenvalue weighted by Gasteiger charge is -2.35. The van der Waals surface area contributed by atoms with Crippen molar-refractivity contribution in [1.82, 2.24) is 19.2 Å². The van der Waals surface area contributed by atoms with Gasteiger partial charge in [-0.25, -0.2) is 0 Å². The van der Waals surface area contributed by atoms with Gasteiger partial charge in [0.1, 0.15) is 0 Å². The minimum absolute atomic E-state index is 0.486. The highest BCUT2D eigenvalue weighted by atomic mass is 16.5. The molecule has 142 valence electrons. The van der Waals surface area contributed by atoms with Crippen LogP contribution in [-0.4, -0.2) is 52.2 Å². The second-order valence-corrected chi connectivity index (χ2v) is 7.67. The normalized spacial score (nSPS) is 21.8. The van der Waals surface area contributed by atoms with E-state index in [4.69, 9.17) is 9.47 Å². The third kappa shape index (κ3) is 4.37. The first-order chi connectivity index (χ1) is 12.8. The van der Waals surface area contributed by atoms with Gasteiger partial charge in [0.05, 0.1) is 6.20 Å². The van der Waals surface area contributed by atoms with Crippen molar-refractivity contribution in [3.8, 4) is 0 Å². The standard InChI is InChI=1S/C20H30N4O2/c1-22-12-18(11-21-22)13-23-14-19-3-2-7-24(19)20(15-23)6-10-26-16-17-4-8-25-9-5-17/h2-3,7,11-12,17,20H,4-6,8-10,13-16H2,1H3/t20-/m1/s1. The Balaban J connectivity index is 1.29. The first-order valence-electron chi connectivity index (χ1n) is 9.79. The van der Waals surface area contributed by atoms with Crippen LogP contribution in [0.4, 0.5) is 0 Å². The molecule has 0 N–H and O–H groups in total. The number of aryl methyl sites for hydroxylation is 1.